The molecule has 1 unspecified atom stereocenters. The summed E-state index contributed by atoms with van der Waals surface area (Å²) in [4.78, 5) is 30.2. The van der Waals surface area contributed by atoms with Gasteiger partial charge < -0.3 is 4.74 Å². The molecular weight excluding hydrogens is 486 g/mol. The van der Waals surface area contributed by atoms with Crippen LogP contribution in [0.3, 0.4) is 0 Å². The molecule has 1 fully saturated rings. The molecule has 1 saturated carbocycles. The van der Waals surface area contributed by atoms with Crippen molar-refractivity contribution in [1.82, 2.24) is 4.98 Å². The van der Waals surface area contributed by atoms with Crippen molar-refractivity contribution in [3.63, 3.8) is 0 Å². The molecule has 4 rings (SSSR count). The van der Waals surface area contributed by atoms with E-state index in [1.54, 1.807) is 35.7 Å². The lowest BCUT2D eigenvalue weighted by Crippen LogP contribution is -2.40. The van der Waals surface area contributed by atoms with E-state index >= 15 is 0 Å². The van der Waals surface area contributed by atoms with Gasteiger partial charge in [0.15, 0.2) is 11.2 Å². The highest BCUT2D eigenvalue weighted by Gasteiger charge is 2.45. The van der Waals surface area contributed by atoms with Gasteiger partial charge in [-0.05, 0) is 49.6 Å². The Balaban J connectivity index is 1.44. The zero-order valence-electron chi connectivity index (χ0n) is 17.7. The van der Waals surface area contributed by atoms with Crippen LogP contribution in [0.25, 0.3) is 11.3 Å². The van der Waals surface area contributed by atoms with E-state index in [1.807, 2.05) is 0 Å². The Morgan fingerprint density at radius 2 is 1.91 bits per heavy atom. The minimum absolute atomic E-state index is 0.365. The lowest BCUT2D eigenvalue weighted by molar-refractivity contribution is -0.159. The molecule has 1 amide bonds. The maximum absolute atomic E-state index is 13.8. The van der Waals surface area contributed by atoms with Crippen LogP contribution in [0, 0.1) is 5.82 Å². The van der Waals surface area contributed by atoms with Gasteiger partial charge in [-0.3, -0.25) is 14.9 Å². The molecule has 1 N–H and O–H groups in total. The van der Waals surface area contributed by atoms with Crippen LogP contribution in [0.1, 0.15) is 38.2 Å². The summed E-state index contributed by atoms with van der Waals surface area (Å²) >= 11 is 13.3. The second kappa shape index (κ2) is 9.79. The third-order valence-corrected chi connectivity index (χ3v) is 7.32. The van der Waals surface area contributed by atoms with E-state index in [0.717, 1.165) is 18.4 Å². The smallest absolute Gasteiger partial charge is 0.317 e. The molecule has 0 spiro atoms. The van der Waals surface area contributed by atoms with Crippen molar-refractivity contribution in [2.75, 3.05) is 5.32 Å². The molecule has 0 aliphatic heterocycles. The number of rotatable bonds is 6. The summed E-state index contributed by atoms with van der Waals surface area (Å²) in [6, 6.07) is 11.2. The van der Waals surface area contributed by atoms with Gasteiger partial charge in [0.2, 0.25) is 0 Å². The van der Waals surface area contributed by atoms with Crippen LogP contribution < -0.4 is 5.32 Å². The summed E-state index contributed by atoms with van der Waals surface area (Å²) < 4.78 is 19.4. The van der Waals surface area contributed by atoms with Gasteiger partial charge in [0.05, 0.1) is 21.2 Å². The van der Waals surface area contributed by atoms with Crippen LogP contribution in [0.15, 0.2) is 47.8 Å². The molecular formula is C24H21Cl2FN2O3S. The van der Waals surface area contributed by atoms with Gasteiger partial charge in [-0.2, -0.15) is 0 Å². The average molecular weight is 507 g/mol. The third kappa shape index (κ3) is 5.05. The fraction of sp³-hybridized carbons (Fsp3) is 0.292. The van der Waals surface area contributed by atoms with Gasteiger partial charge in [0, 0.05) is 10.9 Å². The molecule has 1 atom stereocenters. The number of thiazole rings is 1. The standard InChI is InChI=1S/C24H21Cl2FN2O3S/c1-14(32-22(31)24(9-2-3-10-24)16-5-4-6-17(27)12-16)21(30)29-23-28-20(13-33-23)15-7-8-18(25)19(26)11-15/h4-8,11-14H,2-3,9-10H2,1H3,(H,28,29,30). The first-order chi connectivity index (χ1) is 15.8. The molecule has 9 heteroatoms. The number of amides is 1. The van der Waals surface area contributed by atoms with Crippen molar-refractivity contribution < 1.29 is 18.7 Å². The number of ether oxygens (including phenoxy) is 1. The van der Waals surface area contributed by atoms with E-state index < -0.39 is 29.2 Å². The molecule has 0 bridgehead atoms. The van der Waals surface area contributed by atoms with Crippen molar-refractivity contribution in [3.05, 3.63) is 69.3 Å². The maximum Gasteiger partial charge on any atom is 0.317 e. The Labute approximate surface area is 204 Å². The molecule has 5 nitrogen and oxygen atoms in total. The number of hydrogen-bond donors (Lipinski definition) is 1. The highest BCUT2D eigenvalue weighted by molar-refractivity contribution is 7.14. The van der Waals surface area contributed by atoms with Gasteiger partial charge in [-0.15, -0.1) is 11.3 Å². The normalized spacial score (nSPS) is 15.8. The number of hydrogen-bond acceptors (Lipinski definition) is 5. The monoisotopic (exact) mass is 506 g/mol. The lowest BCUT2D eigenvalue weighted by atomic mass is 9.79. The Bertz CT molecular complexity index is 1190. The summed E-state index contributed by atoms with van der Waals surface area (Å²) in [6.07, 6.45) is 1.75. The van der Waals surface area contributed by atoms with Crippen molar-refractivity contribution >= 4 is 51.5 Å². The molecule has 0 saturated heterocycles. The Hall–Kier alpha value is -2.48. The molecule has 1 aromatic heterocycles. The Kier molecular flexibility index (Phi) is 7.02. The number of nitrogens with zero attached hydrogens (tertiary/aromatic N) is 1. The number of nitrogens with one attached hydrogen (secondary N) is 1. The highest BCUT2D eigenvalue weighted by Crippen LogP contribution is 2.42. The van der Waals surface area contributed by atoms with E-state index in [-0.39, 0.29) is 0 Å². The Morgan fingerprint density at radius 1 is 1.15 bits per heavy atom. The summed E-state index contributed by atoms with van der Waals surface area (Å²) in [7, 11) is 0. The first-order valence-corrected chi connectivity index (χ1v) is 12.1. The predicted octanol–water partition coefficient (Wildman–Crippen LogP) is 6.64. The van der Waals surface area contributed by atoms with E-state index in [4.69, 9.17) is 27.9 Å². The summed E-state index contributed by atoms with van der Waals surface area (Å²) in [6.45, 7) is 1.51. The van der Waals surface area contributed by atoms with Crippen LogP contribution in [0.4, 0.5) is 9.52 Å². The quantitative estimate of drug-likeness (QED) is 0.380. The van der Waals surface area contributed by atoms with Gasteiger partial charge in [0.25, 0.3) is 5.91 Å². The van der Waals surface area contributed by atoms with Gasteiger partial charge >= 0.3 is 5.97 Å². The number of benzene rings is 2. The third-order valence-electron chi connectivity index (χ3n) is 5.83. The maximum atomic E-state index is 13.8. The Morgan fingerprint density at radius 3 is 2.61 bits per heavy atom. The summed E-state index contributed by atoms with van der Waals surface area (Å²) in [5, 5.41) is 5.69. The number of esters is 1. The molecule has 172 valence electrons. The zero-order chi connectivity index (χ0) is 23.6. The second-order valence-corrected chi connectivity index (χ2v) is 9.68. The number of carbonyl (C=O) groups excluding carboxylic acids is 2. The highest BCUT2D eigenvalue weighted by atomic mass is 35.5. The fourth-order valence-electron chi connectivity index (χ4n) is 4.03. The molecule has 1 heterocycles. The number of halogens is 3. The first kappa shape index (κ1) is 23.7. The average Bonchev–Trinajstić information content (AvgIpc) is 3.46. The molecule has 1 aliphatic rings. The van der Waals surface area contributed by atoms with E-state index in [9.17, 15) is 14.0 Å². The number of aromatic nitrogens is 1. The SMILES string of the molecule is CC(OC(=O)C1(c2cccc(F)c2)CCCC1)C(=O)Nc1nc(-c2ccc(Cl)c(Cl)c2)cs1. The van der Waals surface area contributed by atoms with Crippen molar-refractivity contribution in [2.24, 2.45) is 0 Å². The molecule has 33 heavy (non-hydrogen) atoms. The topological polar surface area (TPSA) is 68.3 Å². The summed E-state index contributed by atoms with van der Waals surface area (Å²) in [5.74, 6) is -1.41. The van der Waals surface area contributed by atoms with Crippen molar-refractivity contribution in [1.29, 1.82) is 0 Å². The number of anilines is 1. The minimum Gasteiger partial charge on any atom is -0.452 e. The minimum atomic E-state index is -1.04. The van der Waals surface area contributed by atoms with E-state index in [1.165, 1.54) is 30.4 Å². The molecule has 1 aliphatic carbocycles. The zero-order valence-corrected chi connectivity index (χ0v) is 20.1. The van der Waals surface area contributed by atoms with Gasteiger partial charge in [0.1, 0.15) is 5.82 Å². The van der Waals surface area contributed by atoms with Crippen LogP contribution >= 0.6 is 34.5 Å². The van der Waals surface area contributed by atoms with Crippen LogP contribution in [0.5, 0.6) is 0 Å². The van der Waals surface area contributed by atoms with Crippen molar-refractivity contribution in [2.45, 2.75) is 44.1 Å². The lowest BCUT2D eigenvalue weighted by Gasteiger charge is -2.28. The predicted molar refractivity (Wildman–Crippen MR) is 128 cm³/mol. The number of carbonyl (C=O) groups is 2. The summed E-state index contributed by atoms with van der Waals surface area (Å²) in [5.41, 5.74) is 1.05. The van der Waals surface area contributed by atoms with Crippen LogP contribution in [-0.2, 0) is 19.7 Å². The fourth-order valence-corrected chi connectivity index (χ4v) is 5.05. The van der Waals surface area contributed by atoms with Crippen LogP contribution in [-0.4, -0.2) is 23.0 Å². The van der Waals surface area contributed by atoms with E-state index in [2.05, 4.69) is 10.3 Å². The van der Waals surface area contributed by atoms with Crippen molar-refractivity contribution in [3.8, 4) is 11.3 Å². The van der Waals surface area contributed by atoms with Crippen LogP contribution in [0.2, 0.25) is 10.0 Å². The largest absolute Gasteiger partial charge is 0.452 e. The second-order valence-electron chi connectivity index (χ2n) is 8.00. The molecule has 3 aromatic rings. The first-order valence-electron chi connectivity index (χ1n) is 10.5. The van der Waals surface area contributed by atoms with E-state index in [0.29, 0.717) is 39.3 Å². The molecule has 2 aromatic carbocycles. The molecule has 0 radical (unpaired) electrons. The van der Waals surface area contributed by atoms with Gasteiger partial charge in [-0.1, -0.05) is 54.2 Å². The van der Waals surface area contributed by atoms with Gasteiger partial charge in [-0.25, -0.2) is 9.37 Å².